The summed E-state index contributed by atoms with van der Waals surface area (Å²) in [5.74, 6) is -1.32. The molecule has 0 radical (unpaired) electrons. The van der Waals surface area contributed by atoms with Crippen molar-refractivity contribution >= 4 is 11.6 Å². The van der Waals surface area contributed by atoms with Gasteiger partial charge in [-0.15, -0.1) is 0 Å². The van der Waals surface area contributed by atoms with Gasteiger partial charge >= 0.3 is 0 Å². The summed E-state index contributed by atoms with van der Waals surface area (Å²) in [7, 11) is 0. The minimum absolute atomic E-state index is 0.0613. The third-order valence-corrected chi connectivity index (χ3v) is 3.08. The molecule has 0 saturated heterocycles. The zero-order chi connectivity index (χ0) is 14.2. The monoisotopic (exact) mass is 286 g/mol. The quantitative estimate of drug-likeness (QED) is 0.938. The van der Waals surface area contributed by atoms with Crippen molar-refractivity contribution in [3.63, 3.8) is 0 Å². The van der Waals surface area contributed by atoms with Crippen molar-refractivity contribution in [3.05, 3.63) is 52.3 Å². The summed E-state index contributed by atoms with van der Waals surface area (Å²) in [6.07, 6.45) is 0.00483. The van der Waals surface area contributed by atoms with Crippen LogP contribution in [0.5, 0.6) is 0 Å². The van der Waals surface area contributed by atoms with Gasteiger partial charge in [-0.2, -0.15) is 5.10 Å². The molecule has 1 unspecified atom stereocenters. The van der Waals surface area contributed by atoms with E-state index in [2.05, 4.69) is 5.10 Å². The SMILES string of the molecule is CC(C)n1ncc(Cl)c1C(O)c1cc(F)ccc1F. The first kappa shape index (κ1) is 14.0. The van der Waals surface area contributed by atoms with E-state index in [1.54, 1.807) is 0 Å². The molecule has 1 heterocycles. The lowest BCUT2D eigenvalue weighted by Crippen LogP contribution is -2.13. The third kappa shape index (κ3) is 2.62. The zero-order valence-corrected chi connectivity index (χ0v) is 11.2. The molecule has 1 aromatic carbocycles. The van der Waals surface area contributed by atoms with Gasteiger partial charge in [0.05, 0.1) is 16.9 Å². The van der Waals surface area contributed by atoms with E-state index in [-0.39, 0.29) is 22.3 Å². The van der Waals surface area contributed by atoms with Crippen LogP contribution in [-0.2, 0) is 0 Å². The smallest absolute Gasteiger partial charge is 0.129 e. The molecule has 0 spiro atoms. The van der Waals surface area contributed by atoms with Gasteiger partial charge in [0.15, 0.2) is 0 Å². The van der Waals surface area contributed by atoms with Crippen molar-refractivity contribution in [1.82, 2.24) is 9.78 Å². The highest BCUT2D eigenvalue weighted by molar-refractivity contribution is 6.31. The molecule has 102 valence electrons. The minimum atomic E-state index is -1.37. The van der Waals surface area contributed by atoms with E-state index in [9.17, 15) is 13.9 Å². The topological polar surface area (TPSA) is 38.0 Å². The number of aliphatic hydroxyl groups excluding tert-OH is 1. The molecule has 3 nitrogen and oxygen atoms in total. The number of aromatic nitrogens is 2. The summed E-state index contributed by atoms with van der Waals surface area (Å²) in [6.45, 7) is 3.70. The number of benzene rings is 1. The lowest BCUT2D eigenvalue weighted by Gasteiger charge is -2.17. The molecule has 1 N–H and O–H groups in total. The molecule has 1 aromatic heterocycles. The first-order valence-electron chi connectivity index (χ1n) is 5.77. The maximum absolute atomic E-state index is 13.7. The first-order chi connectivity index (χ1) is 8.91. The molecule has 2 aromatic rings. The zero-order valence-electron chi connectivity index (χ0n) is 10.4. The standard InChI is InChI=1S/C13H13ClF2N2O/c1-7(2)18-12(10(14)6-17-18)13(19)9-5-8(15)3-4-11(9)16/h3-7,13,19H,1-2H3. The lowest BCUT2D eigenvalue weighted by molar-refractivity contribution is 0.199. The number of aliphatic hydroxyl groups is 1. The van der Waals surface area contributed by atoms with Gasteiger partial charge in [0.25, 0.3) is 0 Å². The Morgan fingerprint density at radius 1 is 1.32 bits per heavy atom. The predicted molar refractivity (Wildman–Crippen MR) is 68.0 cm³/mol. The fourth-order valence-electron chi connectivity index (χ4n) is 1.89. The number of hydrogen-bond acceptors (Lipinski definition) is 2. The molecule has 0 aliphatic rings. The Morgan fingerprint density at radius 3 is 2.63 bits per heavy atom. The highest BCUT2D eigenvalue weighted by Crippen LogP contribution is 2.31. The molecule has 0 bridgehead atoms. The summed E-state index contributed by atoms with van der Waals surface area (Å²) >= 11 is 5.97. The Hall–Kier alpha value is -1.46. The summed E-state index contributed by atoms with van der Waals surface area (Å²) in [5, 5.41) is 14.5. The normalized spacial score (nSPS) is 13.0. The molecule has 0 aliphatic heterocycles. The Bertz CT molecular complexity index is 598. The molecule has 1 atom stereocenters. The van der Waals surface area contributed by atoms with Gasteiger partial charge in [-0.05, 0) is 32.0 Å². The summed E-state index contributed by atoms with van der Waals surface area (Å²) in [5.41, 5.74) is 0.0884. The second-order valence-corrected chi connectivity index (χ2v) is 4.89. The first-order valence-corrected chi connectivity index (χ1v) is 6.15. The number of halogens is 3. The van der Waals surface area contributed by atoms with Crippen LogP contribution >= 0.6 is 11.6 Å². The van der Waals surface area contributed by atoms with Crippen LogP contribution in [0.25, 0.3) is 0 Å². The third-order valence-electron chi connectivity index (χ3n) is 2.79. The van der Waals surface area contributed by atoms with Gasteiger partial charge in [0, 0.05) is 11.6 Å². The van der Waals surface area contributed by atoms with Gasteiger partial charge in [0.2, 0.25) is 0 Å². The largest absolute Gasteiger partial charge is 0.382 e. The van der Waals surface area contributed by atoms with Crippen LogP contribution in [0.2, 0.25) is 5.02 Å². The molecule has 0 fully saturated rings. The lowest BCUT2D eigenvalue weighted by atomic mass is 10.1. The van der Waals surface area contributed by atoms with E-state index < -0.39 is 17.7 Å². The van der Waals surface area contributed by atoms with Gasteiger partial charge in [-0.3, -0.25) is 4.68 Å². The highest BCUT2D eigenvalue weighted by atomic mass is 35.5. The number of nitrogens with zero attached hydrogens (tertiary/aromatic N) is 2. The van der Waals surface area contributed by atoms with Crippen molar-refractivity contribution < 1.29 is 13.9 Å². The summed E-state index contributed by atoms with van der Waals surface area (Å²) in [4.78, 5) is 0. The number of rotatable bonds is 3. The Morgan fingerprint density at radius 2 is 2.00 bits per heavy atom. The Kier molecular flexibility index (Phi) is 3.87. The molecule has 0 amide bonds. The van der Waals surface area contributed by atoms with Gasteiger partial charge in [-0.25, -0.2) is 8.78 Å². The molecular weight excluding hydrogens is 274 g/mol. The van der Waals surface area contributed by atoms with Gasteiger partial charge < -0.3 is 5.11 Å². The van der Waals surface area contributed by atoms with Crippen molar-refractivity contribution in [1.29, 1.82) is 0 Å². The molecule has 0 aliphatic carbocycles. The maximum Gasteiger partial charge on any atom is 0.129 e. The van der Waals surface area contributed by atoms with Crippen LogP contribution in [-0.4, -0.2) is 14.9 Å². The summed E-state index contributed by atoms with van der Waals surface area (Å²) in [6, 6.07) is 2.85. The number of hydrogen-bond donors (Lipinski definition) is 1. The predicted octanol–water partition coefficient (Wildman–Crippen LogP) is 3.48. The van der Waals surface area contributed by atoms with Crippen LogP contribution < -0.4 is 0 Å². The van der Waals surface area contributed by atoms with Crippen LogP contribution in [0, 0.1) is 11.6 Å². The van der Waals surface area contributed by atoms with Crippen LogP contribution in [0.1, 0.15) is 37.3 Å². The van der Waals surface area contributed by atoms with E-state index in [0.717, 1.165) is 18.2 Å². The molecule has 2 rings (SSSR count). The molecule has 6 heteroatoms. The van der Waals surface area contributed by atoms with E-state index in [4.69, 9.17) is 11.6 Å². The van der Waals surface area contributed by atoms with E-state index in [1.807, 2.05) is 13.8 Å². The maximum atomic E-state index is 13.7. The second kappa shape index (κ2) is 5.27. The van der Waals surface area contributed by atoms with Crippen LogP contribution in [0.4, 0.5) is 8.78 Å². The van der Waals surface area contributed by atoms with E-state index in [1.165, 1.54) is 10.9 Å². The highest BCUT2D eigenvalue weighted by Gasteiger charge is 2.24. The van der Waals surface area contributed by atoms with Crippen molar-refractivity contribution in [2.45, 2.75) is 26.0 Å². The van der Waals surface area contributed by atoms with Crippen molar-refractivity contribution in [2.75, 3.05) is 0 Å². The molecule has 0 saturated carbocycles. The van der Waals surface area contributed by atoms with Crippen molar-refractivity contribution in [3.8, 4) is 0 Å². The second-order valence-electron chi connectivity index (χ2n) is 4.48. The summed E-state index contributed by atoms with van der Waals surface area (Å²) < 4.78 is 28.3. The van der Waals surface area contributed by atoms with E-state index in [0.29, 0.717) is 0 Å². The van der Waals surface area contributed by atoms with Gasteiger partial charge in [0.1, 0.15) is 17.7 Å². The average molecular weight is 287 g/mol. The van der Waals surface area contributed by atoms with Crippen LogP contribution in [0.3, 0.4) is 0 Å². The fraction of sp³-hybridized carbons (Fsp3) is 0.308. The van der Waals surface area contributed by atoms with E-state index >= 15 is 0 Å². The average Bonchev–Trinajstić information content (AvgIpc) is 2.73. The minimum Gasteiger partial charge on any atom is -0.382 e. The van der Waals surface area contributed by atoms with Crippen LogP contribution in [0.15, 0.2) is 24.4 Å². The molecule has 19 heavy (non-hydrogen) atoms. The Labute approximate surface area is 114 Å². The molecular formula is C13H13ClF2N2O. The van der Waals surface area contributed by atoms with Gasteiger partial charge in [-0.1, -0.05) is 11.6 Å². The fourth-order valence-corrected chi connectivity index (χ4v) is 2.12. The van der Waals surface area contributed by atoms with Crippen molar-refractivity contribution in [2.24, 2.45) is 0 Å². The Balaban J connectivity index is 2.52.